The second-order valence-electron chi connectivity index (χ2n) is 6.42. The summed E-state index contributed by atoms with van der Waals surface area (Å²) in [4.78, 5) is 11.3. The molecule has 1 aromatic heterocycles. The molecule has 0 saturated heterocycles. The minimum absolute atomic E-state index is 0.268. The Morgan fingerprint density at radius 3 is 2.40 bits per heavy atom. The maximum absolute atomic E-state index is 6.00. The van der Waals surface area contributed by atoms with E-state index in [-0.39, 0.29) is 11.5 Å². The quantitative estimate of drug-likeness (QED) is 0.865. The normalized spacial score (nSPS) is 17.4. The summed E-state index contributed by atoms with van der Waals surface area (Å²) >= 11 is 0. The molecule has 1 aromatic rings. The Morgan fingerprint density at radius 1 is 1.30 bits per heavy atom. The van der Waals surface area contributed by atoms with E-state index in [9.17, 15) is 0 Å². The molecule has 0 unspecified atom stereocenters. The summed E-state index contributed by atoms with van der Waals surface area (Å²) in [6.07, 6.45) is 3.79. The average Bonchev–Trinajstić information content (AvgIpc) is 2.31. The Labute approximate surface area is 122 Å². The fraction of sp³-hybridized carbons (Fsp3) is 0.733. The topological polar surface area (TPSA) is 67.1 Å². The lowest BCUT2D eigenvalue weighted by atomic mass is 9.75. The number of nitrogens with two attached hydrogens (primary N) is 1. The minimum Gasteiger partial charge on any atom is -0.383 e. The van der Waals surface area contributed by atoms with Crippen molar-refractivity contribution in [3.63, 3.8) is 0 Å². The molecule has 20 heavy (non-hydrogen) atoms. The molecule has 5 nitrogen and oxygen atoms in total. The Hall–Kier alpha value is -1.36. The van der Waals surface area contributed by atoms with Crippen LogP contribution in [0.5, 0.6) is 0 Å². The average molecular weight is 277 g/mol. The zero-order chi connectivity index (χ0) is 14.9. The Balaban J connectivity index is 2.17. The van der Waals surface area contributed by atoms with Crippen LogP contribution in [0.25, 0.3) is 0 Å². The smallest absolute Gasteiger partial charge is 0.135 e. The summed E-state index contributed by atoms with van der Waals surface area (Å²) in [6.45, 7) is 7.06. The summed E-state index contributed by atoms with van der Waals surface area (Å²) in [6, 6.07) is 0. The van der Waals surface area contributed by atoms with Gasteiger partial charge in [-0.1, -0.05) is 13.8 Å². The third-order valence-corrected chi connectivity index (χ3v) is 4.54. The maximum atomic E-state index is 6.00. The molecule has 2 rings (SSSR count). The van der Waals surface area contributed by atoms with Gasteiger partial charge in [-0.25, -0.2) is 9.97 Å². The van der Waals surface area contributed by atoms with Crippen LogP contribution in [-0.2, 0) is 0 Å². The first-order chi connectivity index (χ1) is 9.35. The molecule has 1 fully saturated rings. The van der Waals surface area contributed by atoms with Gasteiger partial charge in [0.05, 0.1) is 0 Å². The van der Waals surface area contributed by atoms with Gasteiger partial charge in [-0.15, -0.1) is 0 Å². The number of nitrogen functional groups attached to an aromatic ring is 1. The largest absolute Gasteiger partial charge is 0.383 e. The molecule has 0 spiro atoms. The van der Waals surface area contributed by atoms with E-state index in [0.29, 0.717) is 5.82 Å². The van der Waals surface area contributed by atoms with Crippen molar-refractivity contribution in [2.75, 3.05) is 31.7 Å². The maximum Gasteiger partial charge on any atom is 0.135 e. The number of rotatable bonds is 5. The highest BCUT2D eigenvalue weighted by atomic mass is 15.2. The molecule has 3 N–H and O–H groups in total. The van der Waals surface area contributed by atoms with E-state index in [1.807, 2.05) is 6.92 Å². The van der Waals surface area contributed by atoms with Crippen LogP contribution in [0, 0.1) is 6.92 Å². The molecule has 0 aromatic carbocycles. The lowest BCUT2D eigenvalue weighted by Crippen LogP contribution is -2.54. The molecule has 0 bridgehead atoms. The molecule has 1 aliphatic carbocycles. The Kier molecular flexibility index (Phi) is 4.18. The summed E-state index contributed by atoms with van der Waals surface area (Å²) in [5.41, 5.74) is 7.22. The molecule has 5 heteroatoms. The Bertz CT molecular complexity index is 477. The van der Waals surface area contributed by atoms with Crippen molar-refractivity contribution in [2.45, 2.75) is 51.5 Å². The highest BCUT2D eigenvalue weighted by Crippen LogP contribution is 2.36. The Morgan fingerprint density at radius 2 is 1.95 bits per heavy atom. The number of aromatic nitrogens is 2. The molecule has 0 atom stereocenters. The van der Waals surface area contributed by atoms with Gasteiger partial charge >= 0.3 is 0 Å². The lowest BCUT2D eigenvalue weighted by Gasteiger charge is -2.47. The van der Waals surface area contributed by atoms with Crippen LogP contribution in [-0.4, -0.2) is 41.0 Å². The fourth-order valence-electron chi connectivity index (χ4n) is 2.60. The van der Waals surface area contributed by atoms with Gasteiger partial charge < -0.3 is 16.0 Å². The predicted molar refractivity (Wildman–Crippen MR) is 84.0 cm³/mol. The summed E-state index contributed by atoms with van der Waals surface area (Å²) < 4.78 is 0. The predicted octanol–water partition coefficient (Wildman–Crippen LogP) is 2.39. The van der Waals surface area contributed by atoms with Gasteiger partial charge in [0.15, 0.2) is 0 Å². The van der Waals surface area contributed by atoms with Crippen LogP contribution in [0.4, 0.5) is 11.6 Å². The highest BCUT2D eigenvalue weighted by Gasteiger charge is 2.38. The third-order valence-electron chi connectivity index (χ3n) is 4.54. The first-order valence-electron chi connectivity index (χ1n) is 7.41. The van der Waals surface area contributed by atoms with Crippen LogP contribution >= 0.6 is 0 Å². The van der Waals surface area contributed by atoms with Crippen molar-refractivity contribution < 1.29 is 0 Å². The second-order valence-corrected chi connectivity index (χ2v) is 6.42. The number of likely N-dealkylation sites (N-methyl/N-ethyl adjacent to an activating group) is 1. The van der Waals surface area contributed by atoms with Gasteiger partial charge in [-0.05, 0) is 40.3 Å². The molecule has 0 amide bonds. The fourth-order valence-corrected chi connectivity index (χ4v) is 2.60. The van der Waals surface area contributed by atoms with Crippen molar-refractivity contribution in [3.05, 3.63) is 11.4 Å². The van der Waals surface area contributed by atoms with E-state index < -0.39 is 0 Å². The number of nitrogens with zero attached hydrogens (tertiary/aromatic N) is 3. The molecular weight excluding hydrogens is 250 g/mol. The first kappa shape index (κ1) is 15.0. The van der Waals surface area contributed by atoms with E-state index in [2.05, 4.69) is 48.1 Å². The van der Waals surface area contributed by atoms with Crippen molar-refractivity contribution in [1.82, 2.24) is 14.9 Å². The second kappa shape index (κ2) is 5.56. The minimum atomic E-state index is 0.268. The summed E-state index contributed by atoms with van der Waals surface area (Å²) in [7, 11) is 4.31. The third kappa shape index (κ3) is 2.73. The number of anilines is 2. The standard InChI is InChI=1S/C15H27N5/c1-10(2)13-18-12(16)11(3)14(19-13)17-9-15(20(4)5)7-6-8-15/h10H,6-9H2,1-5H3,(H3,16,17,18,19). The van der Waals surface area contributed by atoms with E-state index in [1.165, 1.54) is 19.3 Å². The van der Waals surface area contributed by atoms with Crippen molar-refractivity contribution in [3.8, 4) is 0 Å². The van der Waals surface area contributed by atoms with Crippen molar-refractivity contribution >= 4 is 11.6 Å². The monoisotopic (exact) mass is 277 g/mol. The number of hydrogen-bond acceptors (Lipinski definition) is 5. The van der Waals surface area contributed by atoms with E-state index in [4.69, 9.17) is 5.73 Å². The van der Waals surface area contributed by atoms with Crippen molar-refractivity contribution in [2.24, 2.45) is 0 Å². The number of hydrogen-bond donors (Lipinski definition) is 2. The van der Waals surface area contributed by atoms with E-state index in [1.54, 1.807) is 0 Å². The molecule has 0 radical (unpaired) electrons. The van der Waals surface area contributed by atoms with Crippen LogP contribution in [0.15, 0.2) is 0 Å². The van der Waals surface area contributed by atoms with Gasteiger partial charge in [0.25, 0.3) is 0 Å². The van der Waals surface area contributed by atoms with Crippen LogP contribution < -0.4 is 11.1 Å². The van der Waals surface area contributed by atoms with Gasteiger partial charge in [0, 0.05) is 23.6 Å². The van der Waals surface area contributed by atoms with Gasteiger partial charge in [0.2, 0.25) is 0 Å². The van der Waals surface area contributed by atoms with Crippen LogP contribution in [0.1, 0.15) is 50.4 Å². The van der Waals surface area contributed by atoms with E-state index in [0.717, 1.165) is 23.8 Å². The summed E-state index contributed by atoms with van der Waals surface area (Å²) in [5, 5.41) is 3.50. The molecular formula is C15H27N5. The van der Waals surface area contributed by atoms with Crippen molar-refractivity contribution in [1.29, 1.82) is 0 Å². The highest BCUT2D eigenvalue weighted by molar-refractivity contribution is 5.55. The van der Waals surface area contributed by atoms with Crippen LogP contribution in [0.2, 0.25) is 0 Å². The van der Waals surface area contributed by atoms with Gasteiger partial charge in [-0.3, -0.25) is 0 Å². The molecule has 1 saturated carbocycles. The van der Waals surface area contributed by atoms with Crippen LogP contribution in [0.3, 0.4) is 0 Å². The molecule has 0 aliphatic heterocycles. The summed E-state index contributed by atoms with van der Waals surface area (Å²) in [5.74, 6) is 2.56. The van der Waals surface area contributed by atoms with Gasteiger partial charge in [-0.2, -0.15) is 0 Å². The number of nitrogens with one attached hydrogen (secondary N) is 1. The van der Waals surface area contributed by atoms with Gasteiger partial charge in [0.1, 0.15) is 17.5 Å². The zero-order valence-corrected chi connectivity index (χ0v) is 13.3. The molecule has 112 valence electrons. The molecule has 1 aliphatic rings. The molecule has 1 heterocycles. The first-order valence-corrected chi connectivity index (χ1v) is 7.41. The lowest BCUT2D eigenvalue weighted by molar-refractivity contribution is 0.0738. The zero-order valence-electron chi connectivity index (χ0n) is 13.3. The SMILES string of the molecule is Cc1c(N)nc(C(C)C)nc1NCC1(N(C)C)CCC1. The van der Waals surface area contributed by atoms with E-state index >= 15 is 0 Å².